The van der Waals surface area contributed by atoms with E-state index in [0.29, 0.717) is 13.2 Å². The van der Waals surface area contributed by atoms with E-state index >= 15 is 0 Å². The number of morpholine rings is 1. The third-order valence-corrected chi connectivity index (χ3v) is 2.52. The number of aryl methyl sites for hydroxylation is 1. The summed E-state index contributed by atoms with van der Waals surface area (Å²) in [7, 11) is 0. The predicted octanol–water partition coefficient (Wildman–Crippen LogP) is -0.0175. The van der Waals surface area contributed by atoms with Gasteiger partial charge in [0.2, 0.25) is 0 Å². The first-order chi connectivity index (χ1) is 7.31. The Balaban J connectivity index is 2.20. The first kappa shape index (κ1) is 10.3. The first-order valence-corrected chi connectivity index (χ1v) is 5.05. The van der Waals surface area contributed by atoms with E-state index in [1.807, 2.05) is 13.0 Å². The van der Waals surface area contributed by atoms with Crippen molar-refractivity contribution in [3.8, 4) is 0 Å². The van der Waals surface area contributed by atoms with Crippen molar-refractivity contribution in [1.29, 1.82) is 0 Å². The molecule has 0 aromatic carbocycles. The van der Waals surface area contributed by atoms with Crippen molar-refractivity contribution in [3.63, 3.8) is 0 Å². The number of aliphatic hydroxyl groups excluding tert-OH is 1. The molecule has 5 heteroatoms. The van der Waals surface area contributed by atoms with E-state index in [2.05, 4.69) is 14.9 Å². The Morgan fingerprint density at radius 1 is 1.60 bits per heavy atom. The Hall–Kier alpha value is -1.20. The van der Waals surface area contributed by atoms with Crippen LogP contribution in [0.2, 0.25) is 0 Å². The zero-order valence-corrected chi connectivity index (χ0v) is 8.76. The summed E-state index contributed by atoms with van der Waals surface area (Å²) in [5.74, 6) is 0.866. The van der Waals surface area contributed by atoms with Gasteiger partial charge in [-0.1, -0.05) is 0 Å². The van der Waals surface area contributed by atoms with Crippen molar-refractivity contribution in [2.45, 2.75) is 13.0 Å². The molecule has 1 unspecified atom stereocenters. The number of anilines is 1. The lowest BCUT2D eigenvalue weighted by Crippen LogP contribution is -2.48. The van der Waals surface area contributed by atoms with Gasteiger partial charge in [0.1, 0.15) is 12.1 Å². The molecule has 2 rings (SSSR count). The van der Waals surface area contributed by atoms with Crippen molar-refractivity contribution >= 4 is 5.82 Å². The standard InChI is InChI=1S/C10H15N3O2/c1-8-4-10(12-7-11-8)13-2-3-15-6-9(13)5-14/h4,7,9,14H,2-3,5-6H2,1H3. The van der Waals surface area contributed by atoms with E-state index < -0.39 is 0 Å². The molecule has 0 bridgehead atoms. The highest BCUT2D eigenvalue weighted by Crippen LogP contribution is 2.16. The Morgan fingerprint density at radius 3 is 3.20 bits per heavy atom. The zero-order chi connectivity index (χ0) is 10.7. The molecule has 1 aliphatic rings. The third-order valence-electron chi connectivity index (χ3n) is 2.52. The van der Waals surface area contributed by atoms with E-state index in [9.17, 15) is 5.11 Å². The minimum Gasteiger partial charge on any atom is -0.394 e. The van der Waals surface area contributed by atoms with E-state index in [1.54, 1.807) is 6.33 Å². The molecule has 0 radical (unpaired) electrons. The van der Waals surface area contributed by atoms with Gasteiger partial charge in [0, 0.05) is 18.3 Å². The third kappa shape index (κ3) is 2.24. The molecule has 1 N–H and O–H groups in total. The monoisotopic (exact) mass is 209 g/mol. The number of hydrogen-bond acceptors (Lipinski definition) is 5. The van der Waals surface area contributed by atoms with Gasteiger partial charge in [0.05, 0.1) is 25.9 Å². The smallest absolute Gasteiger partial charge is 0.132 e. The lowest BCUT2D eigenvalue weighted by molar-refractivity contribution is 0.0722. The summed E-state index contributed by atoms with van der Waals surface area (Å²) in [5, 5.41) is 9.23. The summed E-state index contributed by atoms with van der Waals surface area (Å²) >= 11 is 0. The van der Waals surface area contributed by atoms with Crippen molar-refractivity contribution in [2.75, 3.05) is 31.3 Å². The molecule has 1 atom stereocenters. The molecular weight excluding hydrogens is 194 g/mol. The fourth-order valence-corrected chi connectivity index (χ4v) is 1.71. The number of rotatable bonds is 2. The molecule has 2 heterocycles. The summed E-state index contributed by atoms with van der Waals surface area (Å²) in [5.41, 5.74) is 0.934. The molecule has 0 spiro atoms. The van der Waals surface area contributed by atoms with Crippen LogP contribution in [-0.4, -0.2) is 47.5 Å². The molecule has 0 saturated carbocycles. The van der Waals surface area contributed by atoms with E-state index in [4.69, 9.17) is 4.74 Å². The quantitative estimate of drug-likeness (QED) is 0.742. The SMILES string of the molecule is Cc1cc(N2CCOCC2CO)ncn1. The second-order valence-corrected chi connectivity index (χ2v) is 3.62. The van der Waals surface area contributed by atoms with Gasteiger partial charge in [-0.05, 0) is 6.92 Å². The van der Waals surface area contributed by atoms with E-state index in [0.717, 1.165) is 18.1 Å². The number of hydrogen-bond donors (Lipinski definition) is 1. The molecule has 5 nitrogen and oxygen atoms in total. The summed E-state index contributed by atoms with van der Waals surface area (Å²) in [6.45, 7) is 4.02. The largest absolute Gasteiger partial charge is 0.394 e. The molecule has 0 aliphatic carbocycles. The average molecular weight is 209 g/mol. The molecule has 1 saturated heterocycles. The summed E-state index contributed by atoms with van der Waals surface area (Å²) < 4.78 is 5.31. The maximum Gasteiger partial charge on any atom is 0.132 e. The van der Waals surface area contributed by atoms with Gasteiger partial charge < -0.3 is 14.7 Å². The summed E-state index contributed by atoms with van der Waals surface area (Å²) in [4.78, 5) is 10.3. The first-order valence-electron chi connectivity index (χ1n) is 5.05. The molecule has 1 fully saturated rings. The highest BCUT2D eigenvalue weighted by Gasteiger charge is 2.23. The second kappa shape index (κ2) is 4.55. The number of aromatic nitrogens is 2. The van der Waals surface area contributed by atoms with Crippen molar-refractivity contribution in [2.24, 2.45) is 0 Å². The number of ether oxygens (including phenoxy) is 1. The molecule has 82 valence electrons. The van der Waals surface area contributed by atoms with Gasteiger partial charge in [-0.25, -0.2) is 9.97 Å². The van der Waals surface area contributed by atoms with Crippen LogP contribution in [0, 0.1) is 6.92 Å². The van der Waals surface area contributed by atoms with Crippen LogP contribution in [0.3, 0.4) is 0 Å². The van der Waals surface area contributed by atoms with Crippen LogP contribution < -0.4 is 4.90 Å². The van der Waals surface area contributed by atoms with E-state index in [-0.39, 0.29) is 12.6 Å². The van der Waals surface area contributed by atoms with Crippen LogP contribution in [0.1, 0.15) is 5.69 Å². The van der Waals surface area contributed by atoms with Crippen LogP contribution in [-0.2, 0) is 4.74 Å². The minimum absolute atomic E-state index is 0.00745. The molecule has 0 amide bonds. The lowest BCUT2D eigenvalue weighted by atomic mass is 10.2. The molecule has 1 aromatic heterocycles. The van der Waals surface area contributed by atoms with Crippen LogP contribution in [0.15, 0.2) is 12.4 Å². The van der Waals surface area contributed by atoms with Crippen molar-refractivity contribution < 1.29 is 9.84 Å². The molecule has 1 aromatic rings. The van der Waals surface area contributed by atoms with Crippen LogP contribution >= 0.6 is 0 Å². The summed E-state index contributed by atoms with van der Waals surface area (Å²) in [6, 6.07) is 1.93. The van der Waals surface area contributed by atoms with Crippen LogP contribution in [0.4, 0.5) is 5.82 Å². The van der Waals surface area contributed by atoms with Crippen molar-refractivity contribution in [3.05, 3.63) is 18.1 Å². The van der Waals surface area contributed by atoms with Gasteiger partial charge in [-0.15, -0.1) is 0 Å². The highest BCUT2D eigenvalue weighted by molar-refractivity contribution is 5.40. The normalized spacial score (nSPS) is 21.7. The Bertz CT molecular complexity index is 332. The van der Waals surface area contributed by atoms with Crippen LogP contribution in [0.5, 0.6) is 0 Å². The van der Waals surface area contributed by atoms with Gasteiger partial charge in [0.25, 0.3) is 0 Å². The predicted molar refractivity (Wildman–Crippen MR) is 55.8 cm³/mol. The van der Waals surface area contributed by atoms with E-state index in [1.165, 1.54) is 0 Å². The fourth-order valence-electron chi connectivity index (χ4n) is 1.71. The minimum atomic E-state index is 0.00745. The van der Waals surface area contributed by atoms with Gasteiger partial charge >= 0.3 is 0 Å². The Labute approximate surface area is 88.7 Å². The lowest BCUT2D eigenvalue weighted by Gasteiger charge is -2.35. The maximum atomic E-state index is 9.23. The molecular formula is C10H15N3O2. The van der Waals surface area contributed by atoms with Gasteiger partial charge in [0.15, 0.2) is 0 Å². The average Bonchev–Trinajstić information content (AvgIpc) is 2.29. The molecule has 15 heavy (non-hydrogen) atoms. The van der Waals surface area contributed by atoms with Gasteiger partial charge in [-0.3, -0.25) is 0 Å². The zero-order valence-electron chi connectivity index (χ0n) is 8.76. The van der Waals surface area contributed by atoms with Gasteiger partial charge in [-0.2, -0.15) is 0 Å². The Morgan fingerprint density at radius 2 is 2.47 bits per heavy atom. The Kier molecular flexibility index (Phi) is 3.13. The van der Waals surface area contributed by atoms with Crippen molar-refractivity contribution in [1.82, 2.24) is 9.97 Å². The maximum absolute atomic E-state index is 9.23. The second-order valence-electron chi connectivity index (χ2n) is 3.62. The number of nitrogens with zero attached hydrogens (tertiary/aromatic N) is 3. The molecule has 1 aliphatic heterocycles. The highest BCUT2D eigenvalue weighted by atomic mass is 16.5. The number of aliphatic hydroxyl groups is 1. The topological polar surface area (TPSA) is 58.5 Å². The summed E-state index contributed by atoms with van der Waals surface area (Å²) in [6.07, 6.45) is 1.55. The fraction of sp³-hybridized carbons (Fsp3) is 0.600. The van der Waals surface area contributed by atoms with Crippen LogP contribution in [0.25, 0.3) is 0 Å².